The highest BCUT2D eigenvalue weighted by atomic mass is 15.2. The quantitative estimate of drug-likeness (QED) is 0.723. The van der Waals surface area contributed by atoms with Crippen LogP contribution in [0, 0.1) is 5.92 Å². The van der Waals surface area contributed by atoms with E-state index in [9.17, 15) is 0 Å². The Bertz CT molecular complexity index is 258. The summed E-state index contributed by atoms with van der Waals surface area (Å²) in [5.41, 5.74) is 7.57. The van der Waals surface area contributed by atoms with E-state index in [1.165, 1.54) is 31.3 Å². The summed E-state index contributed by atoms with van der Waals surface area (Å²) in [4.78, 5) is 2.28. The lowest BCUT2D eigenvalue weighted by Crippen LogP contribution is -2.24. The summed E-state index contributed by atoms with van der Waals surface area (Å²) in [6, 6.07) is 0. The van der Waals surface area contributed by atoms with Crippen molar-refractivity contribution in [2.45, 2.75) is 46.5 Å². The van der Waals surface area contributed by atoms with Gasteiger partial charge < -0.3 is 10.6 Å². The molecule has 0 saturated carbocycles. The van der Waals surface area contributed by atoms with E-state index in [1.54, 1.807) is 0 Å². The molecule has 2 N–H and O–H groups in total. The monoisotopic (exact) mass is 222 g/mol. The summed E-state index contributed by atoms with van der Waals surface area (Å²) in [6.07, 6.45) is 9.27. The largest absolute Gasteiger partial charge is 0.385 e. The molecule has 1 saturated heterocycles. The minimum Gasteiger partial charge on any atom is -0.385 e. The molecule has 2 heteroatoms. The zero-order chi connectivity index (χ0) is 12.0. The Kier molecular flexibility index (Phi) is 5.44. The fraction of sp³-hybridized carbons (Fsp3) is 0.714. The van der Waals surface area contributed by atoms with Crippen molar-refractivity contribution >= 4 is 0 Å². The molecule has 16 heavy (non-hydrogen) atoms. The van der Waals surface area contributed by atoms with Crippen LogP contribution in [0.1, 0.15) is 46.5 Å². The summed E-state index contributed by atoms with van der Waals surface area (Å²) >= 11 is 0. The standard InChI is InChI=1S/C14H26N2/c1-4-7-13(12(2)3)8-9-14(15)16-10-5-6-11-16/h8-9,12H,4-7,10-11,15H2,1-3H3/b13-8+,14-9+. The molecule has 2 nitrogen and oxygen atoms in total. The van der Waals surface area contributed by atoms with E-state index in [1.807, 2.05) is 0 Å². The van der Waals surface area contributed by atoms with E-state index >= 15 is 0 Å². The molecule has 0 amide bonds. The Balaban J connectivity index is 2.61. The predicted octanol–water partition coefficient (Wildman–Crippen LogP) is 3.26. The van der Waals surface area contributed by atoms with E-state index in [0.29, 0.717) is 5.92 Å². The van der Waals surface area contributed by atoms with Gasteiger partial charge in [0, 0.05) is 13.1 Å². The Morgan fingerprint density at radius 1 is 1.25 bits per heavy atom. The highest BCUT2D eigenvalue weighted by Gasteiger charge is 2.11. The lowest BCUT2D eigenvalue weighted by Gasteiger charge is -2.17. The van der Waals surface area contributed by atoms with Crippen LogP contribution in [0.15, 0.2) is 23.5 Å². The maximum atomic E-state index is 6.07. The molecule has 0 aliphatic carbocycles. The van der Waals surface area contributed by atoms with Gasteiger partial charge in [-0.15, -0.1) is 0 Å². The number of allylic oxidation sites excluding steroid dienone is 3. The van der Waals surface area contributed by atoms with Crippen LogP contribution >= 0.6 is 0 Å². The van der Waals surface area contributed by atoms with Crippen molar-refractivity contribution in [1.29, 1.82) is 0 Å². The van der Waals surface area contributed by atoms with Crippen molar-refractivity contribution in [3.63, 3.8) is 0 Å². The Labute approximate surface area is 100 Å². The fourth-order valence-corrected chi connectivity index (χ4v) is 2.13. The number of likely N-dealkylation sites (tertiary alicyclic amines) is 1. The van der Waals surface area contributed by atoms with E-state index in [-0.39, 0.29) is 0 Å². The highest BCUT2D eigenvalue weighted by molar-refractivity contribution is 5.17. The summed E-state index contributed by atoms with van der Waals surface area (Å²) in [5, 5.41) is 0. The second-order valence-corrected chi connectivity index (χ2v) is 4.93. The van der Waals surface area contributed by atoms with Crippen LogP contribution in [0.4, 0.5) is 0 Å². The molecule has 0 aromatic carbocycles. The fourth-order valence-electron chi connectivity index (χ4n) is 2.13. The summed E-state index contributed by atoms with van der Waals surface area (Å²) in [5.74, 6) is 1.56. The third-order valence-corrected chi connectivity index (χ3v) is 3.22. The Hall–Kier alpha value is -0.920. The lowest BCUT2D eigenvalue weighted by atomic mass is 9.98. The molecular formula is C14H26N2. The van der Waals surface area contributed by atoms with Crippen LogP contribution in [0.25, 0.3) is 0 Å². The van der Waals surface area contributed by atoms with Gasteiger partial charge in [0.15, 0.2) is 0 Å². The zero-order valence-corrected chi connectivity index (χ0v) is 11.0. The summed E-state index contributed by atoms with van der Waals surface area (Å²) in [7, 11) is 0. The van der Waals surface area contributed by atoms with Gasteiger partial charge in [-0.25, -0.2) is 0 Å². The number of nitrogens with two attached hydrogens (primary N) is 1. The normalized spacial score (nSPS) is 18.6. The second kappa shape index (κ2) is 6.62. The third kappa shape index (κ3) is 3.92. The zero-order valence-electron chi connectivity index (χ0n) is 11.0. The van der Waals surface area contributed by atoms with Crippen LogP contribution < -0.4 is 5.73 Å². The van der Waals surface area contributed by atoms with Crippen molar-refractivity contribution in [2.75, 3.05) is 13.1 Å². The Morgan fingerprint density at radius 2 is 1.88 bits per heavy atom. The highest BCUT2D eigenvalue weighted by Crippen LogP contribution is 2.17. The minimum absolute atomic E-state index is 0.627. The lowest BCUT2D eigenvalue weighted by molar-refractivity contribution is 0.421. The number of hydrogen-bond donors (Lipinski definition) is 1. The van der Waals surface area contributed by atoms with Gasteiger partial charge in [-0.05, 0) is 31.3 Å². The number of hydrogen-bond acceptors (Lipinski definition) is 2. The maximum Gasteiger partial charge on any atom is 0.0986 e. The van der Waals surface area contributed by atoms with Gasteiger partial charge in [-0.2, -0.15) is 0 Å². The average Bonchev–Trinajstić information content (AvgIpc) is 2.76. The first kappa shape index (κ1) is 13.1. The third-order valence-electron chi connectivity index (χ3n) is 3.22. The van der Waals surface area contributed by atoms with Crippen LogP contribution in [0.3, 0.4) is 0 Å². The van der Waals surface area contributed by atoms with Gasteiger partial charge in [0.05, 0.1) is 5.82 Å². The molecule has 92 valence electrons. The van der Waals surface area contributed by atoms with Crippen LogP contribution in [-0.2, 0) is 0 Å². The minimum atomic E-state index is 0.627. The van der Waals surface area contributed by atoms with Crippen molar-refractivity contribution in [3.8, 4) is 0 Å². The second-order valence-electron chi connectivity index (χ2n) is 4.93. The van der Waals surface area contributed by atoms with Gasteiger partial charge in [0.25, 0.3) is 0 Å². The van der Waals surface area contributed by atoms with E-state index in [0.717, 1.165) is 18.9 Å². The van der Waals surface area contributed by atoms with Gasteiger partial charge in [-0.1, -0.05) is 38.8 Å². The molecular weight excluding hydrogens is 196 g/mol. The van der Waals surface area contributed by atoms with Crippen LogP contribution in [0.5, 0.6) is 0 Å². The van der Waals surface area contributed by atoms with Gasteiger partial charge >= 0.3 is 0 Å². The summed E-state index contributed by atoms with van der Waals surface area (Å²) < 4.78 is 0. The molecule has 0 unspecified atom stereocenters. The molecule has 0 spiro atoms. The predicted molar refractivity (Wildman–Crippen MR) is 70.9 cm³/mol. The van der Waals surface area contributed by atoms with Crippen LogP contribution in [0.2, 0.25) is 0 Å². The maximum absolute atomic E-state index is 6.07. The van der Waals surface area contributed by atoms with Crippen molar-refractivity contribution in [3.05, 3.63) is 23.5 Å². The smallest absolute Gasteiger partial charge is 0.0986 e. The van der Waals surface area contributed by atoms with E-state index in [4.69, 9.17) is 5.73 Å². The van der Waals surface area contributed by atoms with Crippen molar-refractivity contribution in [1.82, 2.24) is 4.90 Å². The molecule has 0 aromatic rings. The number of rotatable bonds is 5. The first-order valence-corrected chi connectivity index (χ1v) is 6.56. The SMILES string of the molecule is CCC/C(=C\C=C(/N)N1CCCC1)C(C)C. The molecule has 1 aliphatic rings. The van der Waals surface area contributed by atoms with E-state index < -0.39 is 0 Å². The van der Waals surface area contributed by atoms with Crippen LogP contribution in [-0.4, -0.2) is 18.0 Å². The molecule has 1 rings (SSSR count). The molecule has 0 radical (unpaired) electrons. The van der Waals surface area contributed by atoms with Gasteiger partial charge in [0.1, 0.15) is 0 Å². The van der Waals surface area contributed by atoms with E-state index in [2.05, 4.69) is 37.8 Å². The van der Waals surface area contributed by atoms with Gasteiger partial charge in [-0.3, -0.25) is 0 Å². The van der Waals surface area contributed by atoms with Crippen molar-refractivity contribution < 1.29 is 0 Å². The first-order chi connectivity index (χ1) is 7.65. The molecule has 0 atom stereocenters. The topological polar surface area (TPSA) is 29.3 Å². The Morgan fingerprint density at radius 3 is 2.38 bits per heavy atom. The average molecular weight is 222 g/mol. The molecule has 1 fully saturated rings. The molecule has 0 bridgehead atoms. The summed E-state index contributed by atoms with van der Waals surface area (Å²) in [6.45, 7) is 8.98. The van der Waals surface area contributed by atoms with Crippen molar-refractivity contribution in [2.24, 2.45) is 11.7 Å². The van der Waals surface area contributed by atoms with Gasteiger partial charge in [0.2, 0.25) is 0 Å². The molecule has 1 aliphatic heterocycles. The first-order valence-electron chi connectivity index (χ1n) is 6.56. The molecule has 1 heterocycles. The number of nitrogens with zero attached hydrogens (tertiary/aromatic N) is 1. The molecule has 0 aromatic heterocycles.